The number of nitrogens with one attached hydrogen (secondary N) is 1. The minimum absolute atomic E-state index is 0.164. The van der Waals surface area contributed by atoms with Crippen molar-refractivity contribution in [3.8, 4) is 11.3 Å². The van der Waals surface area contributed by atoms with Crippen LogP contribution in [0.2, 0.25) is 0 Å². The van der Waals surface area contributed by atoms with Crippen molar-refractivity contribution in [2.45, 2.75) is 13.5 Å². The molecule has 2 fully saturated rings. The molecule has 1 aromatic carbocycles. The summed E-state index contributed by atoms with van der Waals surface area (Å²) < 4.78 is 1.72. The molecule has 4 heterocycles. The van der Waals surface area contributed by atoms with Crippen molar-refractivity contribution in [2.75, 3.05) is 44.6 Å². The molecule has 2 saturated heterocycles. The maximum absolute atomic E-state index is 12.7. The van der Waals surface area contributed by atoms with Crippen molar-refractivity contribution < 1.29 is 10.0 Å². The number of aromatic nitrogens is 4. The highest BCUT2D eigenvalue weighted by atomic mass is 16.5. The first-order valence-electron chi connectivity index (χ1n) is 11.6. The number of nitrogens with zero attached hydrogens (tertiary/aromatic N) is 7. The number of carbonyl (C=O) groups excluding carboxylic acids is 1. The first-order valence-corrected chi connectivity index (χ1v) is 11.6. The van der Waals surface area contributed by atoms with Crippen molar-refractivity contribution in [1.29, 1.82) is 0 Å². The molecule has 178 valence electrons. The lowest BCUT2D eigenvalue weighted by Gasteiger charge is -2.40. The minimum atomic E-state index is 0.164. The summed E-state index contributed by atoms with van der Waals surface area (Å²) in [6.45, 7) is 7.02. The molecule has 1 amide bonds. The van der Waals surface area contributed by atoms with Crippen LogP contribution in [-0.4, -0.2) is 85.0 Å². The van der Waals surface area contributed by atoms with E-state index in [4.69, 9.17) is 0 Å². The van der Waals surface area contributed by atoms with Gasteiger partial charge in [-0.15, -0.1) is 0 Å². The van der Waals surface area contributed by atoms with Crippen molar-refractivity contribution in [3.63, 3.8) is 0 Å². The summed E-state index contributed by atoms with van der Waals surface area (Å²) in [5, 5.41) is 18.0. The molecule has 0 saturated carbocycles. The fourth-order valence-electron chi connectivity index (χ4n) is 4.54. The lowest BCUT2D eigenvalue weighted by Crippen LogP contribution is -2.55. The Balaban J connectivity index is 1.21. The molecule has 0 aliphatic carbocycles. The molecule has 10 heteroatoms. The lowest BCUT2D eigenvalue weighted by molar-refractivity contribution is -0.173. The number of piperazine rings is 1. The highest BCUT2D eigenvalue weighted by Gasteiger charge is 2.31. The van der Waals surface area contributed by atoms with Crippen LogP contribution in [0.5, 0.6) is 0 Å². The Morgan fingerprint density at radius 2 is 2.06 bits per heavy atom. The summed E-state index contributed by atoms with van der Waals surface area (Å²) in [6.07, 6.45) is 5.34. The van der Waals surface area contributed by atoms with Crippen LogP contribution < -0.4 is 5.32 Å². The SMILES string of the molecule is Cc1cc(-c2ccnc(Nc3cnn(C)c3)n2)ccc1CN1CCN(CC2CN(O)C2)CC1=O. The van der Waals surface area contributed by atoms with Gasteiger partial charge in [0, 0.05) is 70.2 Å². The Morgan fingerprint density at radius 1 is 1.21 bits per heavy atom. The van der Waals surface area contributed by atoms with Gasteiger partial charge in [-0.2, -0.15) is 10.2 Å². The molecule has 34 heavy (non-hydrogen) atoms. The van der Waals surface area contributed by atoms with E-state index in [1.807, 2.05) is 24.2 Å². The number of amides is 1. The number of hydrogen-bond acceptors (Lipinski definition) is 8. The predicted molar refractivity (Wildman–Crippen MR) is 127 cm³/mol. The Kier molecular flexibility index (Phi) is 6.27. The molecule has 2 aromatic heterocycles. The van der Waals surface area contributed by atoms with Crippen LogP contribution in [0.15, 0.2) is 42.9 Å². The van der Waals surface area contributed by atoms with Gasteiger partial charge in [0.1, 0.15) is 0 Å². The molecular weight excluding hydrogens is 432 g/mol. The van der Waals surface area contributed by atoms with Crippen molar-refractivity contribution in [1.82, 2.24) is 34.6 Å². The zero-order valence-electron chi connectivity index (χ0n) is 19.6. The van der Waals surface area contributed by atoms with Gasteiger partial charge in [0.05, 0.1) is 24.1 Å². The second kappa shape index (κ2) is 9.49. The largest absolute Gasteiger partial charge is 0.336 e. The number of carbonyl (C=O) groups is 1. The molecule has 5 rings (SSSR count). The van der Waals surface area contributed by atoms with Crippen LogP contribution in [0.4, 0.5) is 11.6 Å². The smallest absolute Gasteiger partial charge is 0.237 e. The van der Waals surface area contributed by atoms with Crippen LogP contribution in [0.25, 0.3) is 11.3 Å². The van der Waals surface area contributed by atoms with Crippen LogP contribution in [0.1, 0.15) is 11.1 Å². The van der Waals surface area contributed by atoms with E-state index in [0.29, 0.717) is 38.0 Å². The van der Waals surface area contributed by atoms with Crippen LogP contribution in [0, 0.1) is 12.8 Å². The number of rotatable bonds is 7. The number of hydrogen-bond donors (Lipinski definition) is 2. The summed E-state index contributed by atoms with van der Waals surface area (Å²) >= 11 is 0. The topological polar surface area (TPSA) is 103 Å². The molecule has 3 aromatic rings. The molecule has 0 radical (unpaired) electrons. The summed E-state index contributed by atoms with van der Waals surface area (Å²) in [7, 11) is 1.86. The first-order chi connectivity index (χ1) is 16.4. The van der Waals surface area contributed by atoms with Gasteiger partial charge in [-0.25, -0.2) is 9.97 Å². The Morgan fingerprint density at radius 3 is 2.76 bits per heavy atom. The van der Waals surface area contributed by atoms with E-state index in [-0.39, 0.29) is 5.91 Å². The fraction of sp³-hybridized carbons (Fsp3) is 0.417. The van der Waals surface area contributed by atoms with Gasteiger partial charge in [0.15, 0.2) is 0 Å². The maximum atomic E-state index is 12.7. The van der Waals surface area contributed by atoms with Gasteiger partial charge in [0.25, 0.3) is 0 Å². The molecule has 0 atom stereocenters. The highest BCUT2D eigenvalue weighted by molar-refractivity contribution is 5.79. The third-order valence-corrected chi connectivity index (χ3v) is 6.47. The van der Waals surface area contributed by atoms with Crippen molar-refractivity contribution in [3.05, 3.63) is 54.0 Å². The fourth-order valence-corrected chi connectivity index (χ4v) is 4.54. The number of hydroxylamine groups is 2. The third-order valence-electron chi connectivity index (χ3n) is 6.47. The van der Waals surface area contributed by atoms with Gasteiger partial charge in [0.2, 0.25) is 11.9 Å². The average molecular weight is 463 g/mol. The molecule has 0 unspecified atom stereocenters. The number of anilines is 2. The summed E-state index contributed by atoms with van der Waals surface area (Å²) in [5.41, 5.74) is 4.94. The van der Waals surface area contributed by atoms with Crippen molar-refractivity contribution in [2.24, 2.45) is 13.0 Å². The molecule has 2 aliphatic rings. The Hall–Kier alpha value is -3.34. The van der Waals surface area contributed by atoms with Crippen LogP contribution >= 0.6 is 0 Å². The first kappa shape index (κ1) is 22.5. The molecule has 0 spiro atoms. The van der Waals surface area contributed by atoms with Gasteiger partial charge in [-0.05, 0) is 30.2 Å². The standard InChI is InChI=1S/C24H30N8O2/c1-17-9-19(22-5-6-25-24(28-22)27-21-10-26-29(2)15-21)3-4-20(17)14-31-8-7-30(16-23(31)33)11-18-12-32(34)13-18/h3-6,9-10,15,18,34H,7-8,11-14,16H2,1-2H3,(H,25,27,28). The Bertz CT molecular complexity index is 1170. The molecule has 10 nitrogen and oxygen atoms in total. The lowest BCUT2D eigenvalue weighted by atomic mass is 10.0. The molecular formula is C24H30N8O2. The van der Waals surface area contributed by atoms with Crippen LogP contribution in [-0.2, 0) is 18.4 Å². The summed E-state index contributed by atoms with van der Waals surface area (Å²) in [6, 6.07) is 8.15. The maximum Gasteiger partial charge on any atom is 0.237 e. The van der Waals surface area contributed by atoms with Gasteiger partial charge >= 0.3 is 0 Å². The van der Waals surface area contributed by atoms with Crippen LogP contribution in [0.3, 0.4) is 0 Å². The monoisotopic (exact) mass is 462 g/mol. The van der Waals surface area contributed by atoms with Crippen molar-refractivity contribution >= 4 is 17.5 Å². The van der Waals surface area contributed by atoms with E-state index < -0.39 is 0 Å². The second-order valence-electron chi connectivity index (χ2n) is 9.22. The molecule has 2 N–H and O–H groups in total. The van der Waals surface area contributed by atoms with E-state index in [0.717, 1.165) is 47.7 Å². The predicted octanol–water partition coefficient (Wildman–Crippen LogP) is 1.89. The quantitative estimate of drug-likeness (QED) is 0.549. The average Bonchev–Trinajstić information content (AvgIpc) is 3.20. The summed E-state index contributed by atoms with van der Waals surface area (Å²) in [5.74, 6) is 1.14. The van der Waals surface area contributed by atoms with Gasteiger partial charge in [-0.3, -0.25) is 14.4 Å². The number of benzene rings is 1. The Labute approximate surface area is 198 Å². The second-order valence-corrected chi connectivity index (χ2v) is 9.22. The third kappa shape index (κ3) is 5.09. The van der Waals surface area contributed by atoms with E-state index in [1.54, 1.807) is 17.1 Å². The molecule has 2 aliphatic heterocycles. The van der Waals surface area contributed by atoms with Gasteiger partial charge in [-0.1, -0.05) is 12.1 Å². The zero-order valence-corrected chi connectivity index (χ0v) is 19.6. The van der Waals surface area contributed by atoms with E-state index >= 15 is 0 Å². The normalized spacial score (nSPS) is 17.7. The summed E-state index contributed by atoms with van der Waals surface area (Å²) in [4.78, 5) is 25.9. The number of aryl methyl sites for hydroxylation is 2. The van der Waals surface area contributed by atoms with E-state index in [9.17, 15) is 10.0 Å². The highest BCUT2D eigenvalue weighted by Crippen LogP contribution is 2.24. The minimum Gasteiger partial charge on any atom is -0.336 e. The van der Waals surface area contributed by atoms with Gasteiger partial charge < -0.3 is 15.4 Å². The van der Waals surface area contributed by atoms with E-state index in [1.165, 1.54) is 5.06 Å². The zero-order chi connectivity index (χ0) is 23.7. The molecule has 0 bridgehead atoms. The van der Waals surface area contributed by atoms with E-state index in [2.05, 4.69) is 50.4 Å².